The highest BCUT2D eigenvalue weighted by atomic mass is 13.7. The lowest BCUT2D eigenvalue weighted by Crippen LogP contribution is -1.55. The summed E-state index contributed by atoms with van der Waals surface area (Å²) in [5.74, 6) is 0. The van der Waals surface area contributed by atoms with Crippen molar-refractivity contribution < 1.29 is 0 Å². The first-order valence-electron chi connectivity index (χ1n) is 2.38. The monoisotopic (exact) mass is 109 g/mol. The Kier molecular flexibility index (Phi) is 12.2. The van der Waals surface area contributed by atoms with Crippen LogP contribution in [0.2, 0.25) is 0 Å². The van der Waals surface area contributed by atoms with Gasteiger partial charge >= 0.3 is 0 Å². The minimum absolute atomic E-state index is 1.05. The molecule has 0 heteroatoms. The average Bonchev–Trinajstić information content (AvgIpc) is 1.72. The third-order valence-electron chi connectivity index (χ3n) is 0.402. The summed E-state index contributed by atoms with van der Waals surface area (Å²) in [6.07, 6.45) is 3.59. The standard InChI is InChI=1S/C6H9.C2H4/c1-4-5-6(2)3;1-2/h4-5H,1-2H2,3H3;1-2H2/b6-5+;. The Labute approximate surface area is 52.2 Å². The second-order valence-electron chi connectivity index (χ2n) is 1.25. The fourth-order valence-corrected chi connectivity index (χ4v) is 0.201. The van der Waals surface area contributed by atoms with Crippen LogP contribution in [0.4, 0.5) is 0 Å². The Balaban J connectivity index is 0. The Morgan fingerprint density at radius 3 is 1.75 bits per heavy atom. The molecule has 0 aliphatic carbocycles. The molecule has 0 saturated carbocycles. The molecule has 0 aromatic rings. The second-order valence-corrected chi connectivity index (χ2v) is 1.25. The maximum Gasteiger partial charge on any atom is -0.0283 e. The number of allylic oxidation sites excluding steroid dienone is 3. The Bertz CT molecular complexity index is 74.0. The van der Waals surface area contributed by atoms with E-state index >= 15 is 0 Å². The summed E-state index contributed by atoms with van der Waals surface area (Å²) in [7, 11) is 0. The third-order valence-corrected chi connectivity index (χ3v) is 0.402. The third kappa shape index (κ3) is 18.9. The van der Waals surface area contributed by atoms with E-state index in [1.807, 2.05) is 13.0 Å². The van der Waals surface area contributed by atoms with Crippen molar-refractivity contribution in [3.8, 4) is 0 Å². The molecule has 8 heavy (non-hydrogen) atoms. The summed E-state index contributed by atoms with van der Waals surface area (Å²) in [4.78, 5) is 0. The molecule has 0 fully saturated rings. The Hall–Kier alpha value is -0.780. The Morgan fingerprint density at radius 2 is 1.75 bits per heavy atom. The predicted molar refractivity (Wildman–Crippen MR) is 40.6 cm³/mol. The highest BCUT2D eigenvalue weighted by Gasteiger charge is 1.63. The summed E-state index contributed by atoms with van der Waals surface area (Å²) >= 11 is 0. The summed E-state index contributed by atoms with van der Waals surface area (Å²) in [5.41, 5.74) is 1.05. The van der Waals surface area contributed by atoms with Gasteiger partial charge in [0.1, 0.15) is 0 Å². The minimum Gasteiger partial charge on any atom is -0.106 e. The molecule has 0 amide bonds. The van der Waals surface area contributed by atoms with Gasteiger partial charge in [0.25, 0.3) is 0 Å². The molecule has 0 bridgehead atoms. The van der Waals surface area contributed by atoms with Crippen molar-refractivity contribution in [1.29, 1.82) is 0 Å². The van der Waals surface area contributed by atoms with E-state index in [1.54, 1.807) is 6.08 Å². The maximum absolute atomic E-state index is 3.62. The molecule has 0 aromatic carbocycles. The van der Waals surface area contributed by atoms with E-state index in [0.717, 1.165) is 5.57 Å². The van der Waals surface area contributed by atoms with Crippen molar-refractivity contribution in [1.82, 2.24) is 0 Å². The molecule has 0 nitrogen and oxygen atoms in total. The zero-order valence-corrected chi connectivity index (χ0v) is 5.48. The molecule has 0 atom stereocenters. The minimum atomic E-state index is 1.05. The van der Waals surface area contributed by atoms with Gasteiger partial charge in [-0.15, -0.1) is 13.2 Å². The fraction of sp³-hybridized carbons (Fsp3) is 0.125. The average molecular weight is 109 g/mol. The fourth-order valence-electron chi connectivity index (χ4n) is 0.201. The van der Waals surface area contributed by atoms with Crippen LogP contribution in [0.5, 0.6) is 0 Å². The van der Waals surface area contributed by atoms with Gasteiger partial charge in [-0.1, -0.05) is 24.3 Å². The van der Waals surface area contributed by atoms with Gasteiger partial charge in [-0.05, 0) is 13.8 Å². The lowest BCUT2D eigenvalue weighted by Gasteiger charge is -1.75. The highest BCUT2D eigenvalue weighted by molar-refractivity contribution is 5.09. The first kappa shape index (κ1) is 10.3. The number of hydrogen-bond acceptors (Lipinski definition) is 0. The van der Waals surface area contributed by atoms with Gasteiger partial charge in [0.15, 0.2) is 0 Å². The van der Waals surface area contributed by atoms with Crippen LogP contribution < -0.4 is 0 Å². The molecule has 45 valence electrons. The van der Waals surface area contributed by atoms with Crippen LogP contribution in [-0.2, 0) is 0 Å². The summed E-state index contributed by atoms with van der Waals surface area (Å²) in [5, 5.41) is 0. The van der Waals surface area contributed by atoms with Crippen LogP contribution in [-0.4, -0.2) is 0 Å². The predicted octanol–water partition coefficient (Wildman–Crippen LogP) is 2.75. The van der Waals surface area contributed by atoms with Gasteiger partial charge in [-0.3, -0.25) is 0 Å². The van der Waals surface area contributed by atoms with Crippen molar-refractivity contribution in [2.45, 2.75) is 6.92 Å². The quantitative estimate of drug-likeness (QED) is 0.359. The van der Waals surface area contributed by atoms with Crippen molar-refractivity contribution >= 4 is 0 Å². The van der Waals surface area contributed by atoms with Crippen molar-refractivity contribution in [2.24, 2.45) is 0 Å². The molecular formula is C8H13. The van der Waals surface area contributed by atoms with E-state index in [-0.39, 0.29) is 0 Å². The van der Waals surface area contributed by atoms with Crippen molar-refractivity contribution in [2.75, 3.05) is 0 Å². The second kappa shape index (κ2) is 9.52. The molecule has 0 aliphatic rings. The molecule has 0 heterocycles. The van der Waals surface area contributed by atoms with Gasteiger partial charge in [0.05, 0.1) is 0 Å². The van der Waals surface area contributed by atoms with E-state index in [1.165, 1.54) is 0 Å². The van der Waals surface area contributed by atoms with Crippen LogP contribution in [0.3, 0.4) is 0 Å². The van der Waals surface area contributed by atoms with Crippen LogP contribution in [0.25, 0.3) is 0 Å². The van der Waals surface area contributed by atoms with Gasteiger partial charge in [-0.2, -0.15) is 0 Å². The molecule has 0 N–H and O–H groups in total. The maximum atomic E-state index is 3.62. The van der Waals surface area contributed by atoms with E-state index < -0.39 is 0 Å². The smallest absolute Gasteiger partial charge is 0.0283 e. The molecule has 1 radical (unpaired) electrons. The lowest BCUT2D eigenvalue weighted by molar-refractivity contribution is 1.54. The van der Waals surface area contributed by atoms with Crippen LogP contribution >= 0.6 is 0 Å². The van der Waals surface area contributed by atoms with Gasteiger partial charge in [-0.25, -0.2) is 0 Å². The highest BCUT2D eigenvalue weighted by Crippen LogP contribution is 1.84. The topological polar surface area (TPSA) is 0 Å². The molecular weight excluding hydrogens is 96.1 g/mol. The van der Waals surface area contributed by atoms with E-state index in [2.05, 4.69) is 26.7 Å². The van der Waals surface area contributed by atoms with Crippen molar-refractivity contribution in [3.05, 3.63) is 44.4 Å². The first-order chi connectivity index (χ1) is 3.77. The first-order valence-corrected chi connectivity index (χ1v) is 2.38. The molecule has 0 unspecified atom stereocenters. The molecule has 0 saturated heterocycles. The van der Waals surface area contributed by atoms with Crippen LogP contribution in [0.15, 0.2) is 37.5 Å². The van der Waals surface area contributed by atoms with E-state index in [9.17, 15) is 0 Å². The molecule has 0 aromatic heterocycles. The van der Waals surface area contributed by atoms with Crippen LogP contribution in [0.1, 0.15) is 6.92 Å². The van der Waals surface area contributed by atoms with Crippen molar-refractivity contribution in [3.63, 3.8) is 0 Å². The normalized spacial score (nSPS) is 9.00. The molecule has 0 aliphatic heterocycles. The van der Waals surface area contributed by atoms with Crippen LogP contribution in [0, 0.1) is 6.92 Å². The van der Waals surface area contributed by atoms with Gasteiger partial charge in [0.2, 0.25) is 0 Å². The SMILES string of the molecule is C=C.[CH2]/C(C)=C\C=C. The Morgan fingerprint density at radius 1 is 1.38 bits per heavy atom. The lowest BCUT2D eigenvalue weighted by atomic mass is 10.3. The number of rotatable bonds is 1. The van der Waals surface area contributed by atoms with E-state index in [0.29, 0.717) is 0 Å². The summed E-state index contributed by atoms with van der Waals surface area (Å²) in [6.45, 7) is 15.0. The molecule has 0 rings (SSSR count). The summed E-state index contributed by atoms with van der Waals surface area (Å²) in [6, 6.07) is 0. The van der Waals surface area contributed by atoms with Gasteiger partial charge < -0.3 is 0 Å². The van der Waals surface area contributed by atoms with E-state index in [4.69, 9.17) is 0 Å². The summed E-state index contributed by atoms with van der Waals surface area (Å²) < 4.78 is 0. The zero-order valence-electron chi connectivity index (χ0n) is 5.48. The van der Waals surface area contributed by atoms with Gasteiger partial charge in [0, 0.05) is 0 Å². The number of hydrogen-bond donors (Lipinski definition) is 0. The largest absolute Gasteiger partial charge is 0.106 e. The molecule has 0 spiro atoms. The zero-order chi connectivity index (χ0) is 6.99.